The molecule has 0 N–H and O–H groups in total. The number of nitriles is 1. The number of hydrogen-bond donors (Lipinski definition) is 0. The molecule has 0 spiro atoms. The summed E-state index contributed by atoms with van der Waals surface area (Å²) in [4.78, 5) is 0. The van der Waals surface area contributed by atoms with E-state index in [1.54, 1.807) is 6.07 Å². The summed E-state index contributed by atoms with van der Waals surface area (Å²) in [7, 11) is -7.49. The lowest BCUT2D eigenvalue weighted by atomic mass is 10.2. The van der Waals surface area contributed by atoms with Crippen LogP contribution in [0.2, 0.25) is 0 Å². The van der Waals surface area contributed by atoms with E-state index in [-0.39, 0.29) is 17.1 Å². The number of nitrogens with zero attached hydrogens (tertiary/aromatic N) is 1. The summed E-state index contributed by atoms with van der Waals surface area (Å²) in [6.07, 6.45) is 1.68. The smallest absolute Gasteiger partial charge is 0.306 e. The van der Waals surface area contributed by atoms with Crippen molar-refractivity contribution >= 4 is 20.2 Å². The summed E-state index contributed by atoms with van der Waals surface area (Å²) in [6, 6.07) is 5.07. The number of rotatable bonds is 4. The molecule has 0 fully saturated rings. The zero-order valence-electron chi connectivity index (χ0n) is 9.45. The highest BCUT2D eigenvalue weighted by atomic mass is 32.2. The fourth-order valence-electron chi connectivity index (χ4n) is 1.06. The van der Waals surface area contributed by atoms with Gasteiger partial charge in [0, 0.05) is 6.07 Å². The van der Waals surface area contributed by atoms with E-state index in [0.717, 1.165) is 24.6 Å². The van der Waals surface area contributed by atoms with Crippen LogP contribution in [0.4, 0.5) is 0 Å². The van der Waals surface area contributed by atoms with Crippen molar-refractivity contribution in [1.82, 2.24) is 0 Å². The van der Waals surface area contributed by atoms with Gasteiger partial charge in [0.05, 0.1) is 18.1 Å². The van der Waals surface area contributed by atoms with E-state index in [2.05, 4.69) is 8.37 Å². The van der Waals surface area contributed by atoms with Crippen LogP contribution in [0.1, 0.15) is 5.56 Å². The van der Waals surface area contributed by atoms with E-state index >= 15 is 0 Å². The summed E-state index contributed by atoms with van der Waals surface area (Å²) >= 11 is 0. The fraction of sp³-hybridized carbons (Fsp3) is 0.222. The molecular formula is C9H9NO6S2. The molecule has 98 valence electrons. The Morgan fingerprint density at radius 1 is 1.06 bits per heavy atom. The monoisotopic (exact) mass is 291 g/mol. The third-order valence-electron chi connectivity index (χ3n) is 1.56. The molecular weight excluding hydrogens is 282 g/mol. The first-order valence-electron chi connectivity index (χ1n) is 4.44. The summed E-state index contributed by atoms with van der Waals surface area (Å²) < 4.78 is 52.7. The lowest BCUT2D eigenvalue weighted by Gasteiger charge is -2.07. The Kier molecular flexibility index (Phi) is 3.83. The molecule has 0 bridgehead atoms. The van der Waals surface area contributed by atoms with Crippen molar-refractivity contribution < 1.29 is 25.2 Å². The van der Waals surface area contributed by atoms with E-state index in [9.17, 15) is 16.8 Å². The predicted molar refractivity (Wildman–Crippen MR) is 62.1 cm³/mol. The van der Waals surface area contributed by atoms with Gasteiger partial charge in [-0.2, -0.15) is 22.1 Å². The molecule has 1 rings (SSSR count). The van der Waals surface area contributed by atoms with Crippen LogP contribution in [-0.4, -0.2) is 29.3 Å². The molecule has 7 nitrogen and oxygen atoms in total. The van der Waals surface area contributed by atoms with Crippen LogP contribution < -0.4 is 8.37 Å². The van der Waals surface area contributed by atoms with Crippen molar-refractivity contribution in [3.63, 3.8) is 0 Å². The topological polar surface area (TPSA) is 111 Å². The average molecular weight is 291 g/mol. The van der Waals surface area contributed by atoms with E-state index in [1.807, 2.05) is 0 Å². The highest BCUT2D eigenvalue weighted by Crippen LogP contribution is 2.25. The maximum absolute atomic E-state index is 10.9. The van der Waals surface area contributed by atoms with Crippen LogP contribution in [0.25, 0.3) is 0 Å². The van der Waals surface area contributed by atoms with Gasteiger partial charge in [-0.25, -0.2) is 0 Å². The molecule has 18 heavy (non-hydrogen) atoms. The number of benzene rings is 1. The Hall–Kier alpha value is -1.79. The third kappa shape index (κ3) is 4.60. The first-order valence-corrected chi connectivity index (χ1v) is 8.07. The zero-order chi connectivity index (χ0) is 14.0. The summed E-state index contributed by atoms with van der Waals surface area (Å²) in [5.74, 6) is -0.296. The molecule has 1 aromatic carbocycles. The normalized spacial score (nSPS) is 11.6. The molecule has 0 aliphatic carbocycles. The molecule has 0 saturated carbocycles. The molecule has 9 heteroatoms. The van der Waals surface area contributed by atoms with Gasteiger partial charge < -0.3 is 8.37 Å². The Bertz CT molecular complexity index is 699. The van der Waals surface area contributed by atoms with Gasteiger partial charge in [0.15, 0.2) is 5.75 Å². The Morgan fingerprint density at radius 3 is 2.06 bits per heavy atom. The molecule has 1 aromatic rings. The van der Waals surface area contributed by atoms with Crippen molar-refractivity contribution in [1.29, 1.82) is 5.26 Å². The van der Waals surface area contributed by atoms with E-state index in [1.165, 1.54) is 6.07 Å². The summed E-state index contributed by atoms with van der Waals surface area (Å²) in [6.45, 7) is 0. The van der Waals surface area contributed by atoms with Crippen LogP contribution in [-0.2, 0) is 20.2 Å². The van der Waals surface area contributed by atoms with Crippen LogP contribution in [0.5, 0.6) is 11.5 Å². The van der Waals surface area contributed by atoms with Gasteiger partial charge in [0.1, 0.15) is 11.8 Å². The largest absolute Gasteiger partial charge is 0.383 e. The van der Waals surface area contributed by atoms with Crippen LogP contribution >= 0.6 is 0 Å². The molecule has 0 atom stereocenters. The summed E-state index contributed by atoms with van der Waals surface area (Å²) in [5.41, 5.74) is -0.151. The van der Waals surface area contributed by atoms with Gasteiger partial charge in [-0.3, -0.25) is 0 Å². The van der Waals surface area contributed by atoms with Crippen molar-refractivity contribution in [3.8, 4) is 17.6 Å². The van der Waals surface area contributed by atoms with Crippen LogP contribution in [0.15, 0.2) is 18.2 Å². The molecule has 0 heterocycles. The maximum atomic E-state index is 10.9. The first-order chi connectivity index (χ1) is 8.11. The minimum absolute atomic E-state index is 0.102. The third-order valence-corrected chi connectivity index (χ3v) is 2.54. The average Bonchev–Trinajstić information content (AvgIpc) is 2.16. The zero-order valence-corrected chi connectivity index (χ0v) is 11.1. The standard InChI is InChI=1S/C9H9NO6S2/c1-17(11,12)15-8-3-4-9(7(5-8)6-10)16-18(2,13)14/h3-5H,1-2H3. The van der Waals surface area contributed by atoms with Crippen molar-refractivity contribution in [2.24, 2.45) is 0 Å². The second-order valence-electron chi connectivity index (χ2n) is 3.34. The van der Waals surface area contributed by atoms with Crippen molar-refractivity contribution in [2.45, 2.75) is 0 Å². The van der Waals surface area contributed by atoms with Gasteiger partial charge in [-0.05, 0) is 12.1 Å². The molecule has 0 radical (unpaired) electrons. The quantitative estimate of drug-likeness (QED) is 0.730. The van der Waals surface area contributed by atoms with Crippen molar-refractivity contribution in [3.05, 3.63) is 23.8 Å². The van der Waals surface area contributed by atoms with Crippen LogP contribution in [0.3, 0.4) is 0 Å². The first kappa shape index (κ1) is 14.3. The minimum atomic E-state index is -3.77. The second kappa shape index (κ2) is 4.83. The minimum Gasteiger partial charge on any atom is -0.383 e. The lowest BCUT2D eigenvalue weighted by Crippen LogP contribution is -2.08. The van der Waals surface area contributed by atoms with Crippen molar-refractivity contribution in [2.75, 3.05) is 12.5 Å². The summed E-state index contributed by atoms with van der Waals surface area (Å²) in [5, 5.41) is 8.81. The second-order valence-corrected chi connectivity index (χ2v) is 6.49. The number of hydrogen-bond acceptors (Lipinski definition) is 7. The molecule has 0 unspecified atom stereocenters. The van der Waals surface area contributed by atoms with E-state index in [0.29, 0.717) is 0 Å². The SMILES string of the molecule is CS(=O)(=O)Oc1ccc(OS(C)(=O)=O)c(C#N)c1. The van der Waals surface area contributed by atoms with Crippen LogP contribution in [0, 0.1) is 11.3 Å². The molecule has 0 saturated heterocycles. The maximum Gasteiger partial charge on any atom is 0.306 e. The highest BCUT2D eigenvalue weighted by molar-refractivity contribution is 7.86. The Morgan fingerprint density at radius 2 is 1.61 bits per heavy atom. The van der Waals surface area contributed by atoms with Gasteiger partial charge in [-0.15, -0.1) is 0 Å². The molecule has 0 aliphatic rings. The van der Waals surface area contributed by atoms with Gasteiger partial charge in [0.2, 0.25) is 0 Å². The van der Waals surface area contributed by atoms with E-state index < -0.39 is 20.2 Å². The predicted octanol–water partition coefficient (Wildman–Crippen LogP) is 0.235. The molecule has 0 aromatic heterocycles. The lowest BCUT2D eigenvalue weighted by molar-refractivity contribution is 0.483. The Balaban J connectivity index is 3.17. The molecule has 0 aliphatic heterocycles. The Labute approximate surface area is 105 Å². The van der Waals surface area contributed by atoms with E-state index in [4.69, 9.17) is 5.26 Å². The van der Waals surface area contributed by atoms with Gasteiger partial charge in [-0.1, -0.05) is 0 Å². The van der Waals surface area contributed by atoms with Gasteiger partial charge in [0.25, 0.3) is 0 Å². The van der Waals surface area contributed by atoms with Gasteiger partial charge >= 0.3 is 20.2 Å². The fourth-order valence-corrected chi connectivity index (χ4v) is 1.98. The highest BCUT2D eigenvalue weighted by Gasteiger charge is 2.13. The molecule has 0 amide bonds.